The van der Waals surface area contributed by atoms with Crippen molar-refractivity contribution in [3.63, 3.8) is 0 Å². The summed E-state index contributed by atoms with van der Waals surface area (Å²) in [5.41, 5.74) is 3.55. The van der Waals surface area contributed by atoms with Gasteiger partial charge in [0, 0.05) is 44.9 Å². The van der Waals surface area contributed by atoms with Gasteiger partial charge in [0.2, 0.25) is 5.88 Å². The van der Waals surface area contributed by atoms with Gasteiger partial charge in [0.15, 0.2) is 0 Å². The molecule has 8 heteroatoms. The molecule has 3 aromatic rings. The summed E-state index contributed by atoms with van der Waals surface area (Å²) in [4.78, 5) is 4.40. The van der Waals surface area contributed by atoms with Crippen molar-refractivity contribution in [2.75, 3.05) is 50.9 Å². The molecule has 36 heavy (non-hydrogen) atoms. The van der Waals surface area contributed by atoms with Gasteiger partial charge in [0.1, 0.15) is 11.5 Å². The van der Waals surface area contributed by atoms with E-state index in [-0.39, 0.29) is 11.9 Å². The number of nitrogens with zero attached hydrogens (tertiary/aromatic N) is 3. The first-order chi connectivity index (χ1) is 17.7. The highest BCUT2D eigenvalue weighted by molar-refractivity contribution is 5.68. The molecule has 1 N–H and O–H groups in total. The molecule has 192 valence electrons. The molecule has 7 nitrogen and oxygen atoms in total. The fourth-order valence-corrected chi connectivity index (χ4v) is 5.04. The Labute approximate surface area is 211 Å². The number of anilines is 1. The Bertz CT molecular complexity index is 1080. The molecule has 5 rings (SSSR count). The third kappa shape index (κ3) is 6.31. The van der Waals surface area contributed by atoms with Crippen molar-refractivity contribution in [1.82, 2.24) is 10.1 Å². The van der Waals surface area contributed by atoms with Crippen LogP contribution in [0.15, 0.2) is 59.1 Å². The first-order valence-electron chi connectivity index (χ1n) is 12.8. The molecule has 2 aromatic carbocycles. The Morgan fingerprint density at radius 1 is 1.06 bits per heavy atom. The van der Waals surface area contributed by atoms with Crippen molar-refractivity contribution in [3.8, 4) is 11.3 Å². The summed E-state index contributed by atoms with van der Waals surface area (Å²) in [7, 11) is 0. The van der Waals surface area contributed by atoms with Crippen LogP contribution < -0.4 is 4.90 Å². The van der Waals surface area contributed by atoms with Gasteiger partial charge in [0.05, 0.1) is 31.0 Å². The molecule has 0 amide bonds. The van der Waals surface area contributed by atoms with E-state index in [4.69, 9.17) is 14.0 Å². The Hall–Kier alpha value is -2.78. The standard InChI is InChI=1S/C28H34FN3O4/c29-23-10-8-22(9-11-23)27-26(28(36-30-27)32-12-15-34-16-13-32)20-31(19-25-7-4-14-35-25)18-24(33)17-21-5-2-1-3-6-21/h1-3,5-6,8-11,24-25,33H,4,7,12-20H2/t24-,25-/m1/s1. The van der Waals surface area contributed by atoms with Crippen LogP contribution in [0.1, 0.15) is 24.0 Å². The van der Waals surface area contributed by atoms with Crippen LogP contribution in [0.3, 0.4) is 0 Å². The summed E-state index contributed by atoms with van der Waals surface area (Å²) >= 11 is 0. The van der Waals surface area contributed by atoms with Crippen LogP contribution in [0.2, 0.25) is 0 Å². The van der Waals surface area contributed by atoms with Gasteiger partial charge < -0.3 is 24.0 Å². The Balaban J connectivity index is 1.42. The van der Waals surface area contributed by atoms with Crippen molar-refractivity contribution >= 4 is 5.88 Å². The molecule has 3 heterocycles. The van der Waals surface area contributed by atoms with Crippen LogP contribution in [0.4, 0.5) is 10.3 Å². The molecule has 2 saturated heterocycles. The highest BCUT2D eigenvalue weighted by Gasteiger charge is 2.28. The van der Waals surface area contributed by atoms with E-state index in [0.717, 1.165) is 36.1 Å². The molecule has 0 aliphatic carbocycles. The predicted octanol–water partition coefficient (Wildman–Crippen LogP) is 3.90. The zero-order valence-electron chi connectivity index (χ0n) is 20.5. The van der Waals surface area contributed by atoms with E-state index in [1.807, 2.05) is 30.3 Å². The second-order valence-electron chi connectivity index (χ2n) is 9.59. The highest BCUT2D eigenvalue weighted by Crippen LogP contribution is 2.33. The number of morpholine rings is 1. The Kier molecular flexibility index (Phi) is 8.28. The third-order valence-electron chi connectivity index (χ3n) is 6.83. The zero-order valence-corrected chi connectivity index (χ0v) is 20.5. The maximum Gasteiger partial charge on any atom is 0.232 e. The normalized spacial score (nSPS) is 19.2. The first-order valence-corrected chi connectivity index (χ1v) is 12.8. The van der Waals surface area contributed by atoms with E-state index in [0.29, 0.717) is 63.9 Å². The van der Waals surface area contributed by atoms with Crippen LogP contribution in [0.25, 0.3) is 11.3 Å². The molecule has 2 atom stereocenters. The van der Waals surface area contributed by atoms with E-state index < -0.39 is 6.10 Å². The number of aliphatic hydroxyl groups excluding tert-OH is 1. The maximum atomic E-state index is 13.6. The smallest absolute Gasteiger partial charge is 0.232 e. The molecule has 2 fully saturated rings. The lowest BCUT2D eigenvalue weighted by molar-refractivity contribution is 0.0464. The van der Waals surface area contributed by atoms with Gasteiger partial charge in [-0.2, -0.15) is 0 Å². The molecule has 0 saturated carbocycles. The van der Waals surface area contributed by atoms with Gasteiger partial charge >= 0.3 is 0 Å². The predicted molar refractivity (Wildman–Crippen MR) is 135 cm³/mol. The number of halogens is 1. The molecule has 0 bridgehead atoms. The average Bonchev–Trinajstić information content (AvgIpc) is 3.56. The van der Waals surface area contributed by atoms with E-state index in [9.17, 15) is 9.50 Å². The van der Waals surface area contributed by atoms with E-state index in [1.54, 1.807) is 12.1 Å². The summed E-state index contributed by atoms with van der Waals surface area (Å²) in [6.07, 6.45) is 2.24. The van der Waals surface area contributed by atoms with Crippen LogP contribution in [0, 0.1) is 5.82 Å². The highest BCUT2D eigenvalue weighted by atomic mass is 19.1. The van der Waals surface area contributed by atoms with Crippen molar-refractivity contribution in [3.05, 3.63) is 71.5 Å². The largest absolute Gasteiger partial charge is 0.391 e. The second kappa shape index (κ2) is 12.0. The topological polar surface area (TPSA) is 71.2 Å². The van der Waals surface area contributed by atoms with E-state index in [2.05, 4.69) is 15.0 Å². The van der Waals surface area contributed by atoms with Crippen molar-refractivity contribution in [1.29, 1.82) is 0 Å². The van der Waals surface area contributed by atoms with Gasteiger partial charge in [-0.1, -0.05) is 35.5 Å². The zero-order chi connectivity index (χ0) is 24.7. The lowest BCUT2D eigenvalue weighted by atomic mass is 10.0. The summed E-state index contributed by atoms with van der Waals surface area (Å²) in [5, 5.41) is 15.4. The van der Waals surface area contributed by atoms with Crippen molar-refractivity contribution in [2.24, 2.45) is 0 Å². The van der Waals surface area contributed by atoms with Crippen LogP contribution in [0.5, 0.6) is 0 Å². The Morgan fingerprint density at radius 2 is 1.83 bits per heavy atom. The second-order valence-corrected chi connectivity index (χ2v) is 9.59. The minimum atomic E-state index is -0.533. The number of ether oxygens (including phenoxy) is 2. The van der Waals surface area contributed by atoms with Gasteiger partial charge in [0.25, 0.3) is 0 Å². The molecule has 0 spiro atoms. The lowest BCUT2D eigenvalue weighted by Gasteiger charge is -2.30. The van der Waals surface area contributed by atoms with Gasteiger partial charge in [-0.15, -0.1) is 0 Å². The quantitative estimate of drug-likeness (QED) is 0.457. The summed E-state index contributed by atoms with van der Waals surface area (Å²) in [6.45, 7) is 5.20. The van der Waals surface area contributed by atoms with Crippen LogP contribution in [-0.4, -0.2) is 73.4 Å². The lowest BCUT2D eigenvalue weighted by Crippen LogP contribution is -2.39. The number of rotatable bonds is 10. The molecular weight excluding hydrogens is 461 g/mol. The molecular formula is C28H34FN3O4. The number of aromatic nitrogens is 1. The minimum absolute atomic E-state index is 0.134. The van der Waals surface area contributed by atoms with E-state index >= 15 is 0 Å². The molecule has 0 radical (unpaired) electrons. The molecule has 2 aliphatic heterocycles. The number of hydrogen-bond acceptors (Lipinski definition) is 7. The fourth-order valence-electron chi connectivity index (χ4n) is 5.04. The monoisotopic (exact) mass is 495 g/mol. The Morgan fingerprint density at radius 3 is 2.56 bits per heavy atom. The number of aliphatic hydroxyl groups is 1. The van der Waals surface area contributed by atoms with Crippen LogP contribution >= 0.6 is 0 Å². The molecule has 1 aromatic heterocycles. The molecule has 0 unspecified atom stereocenters. The van der Waals surface area contributed by atoms with Crippen molar-refractivity contribution in [2.45, 2.75) is 38.0 Å². The minimum Gasteiger partial charge on any atom is -0.391 e. The third-order valence-corrected chi connectivity index (χ3v) is 6.83. The summed E-state index contributed by atoms with van der Waals surface area (Å²) in [5.74, 6) is 0.425. The SMILES string of the molecule is O[C@H](Cc1ccccc1)CN(Cc1c(-c2ccc(F)cc2)noc1N1CCOCC1)C[C@H]1CCCO1. The molecule has 2 aliphatic rings. The summed E-state index contributed by atoms with van der Waals surface area (Å²) < 4.78 is 31.0. The van der Waals surface area contributed by atoms with E-state index in [1.165, 1.54) is 12.1 Å². The van der Waals surface area contributed by atoms with Gasteiger partial charge in [-0.3, -0.25) is 4.90 Å². The van der Waals surface area contributed by atoms with Gasteiger partial charge in [-0.05, 0) is 49.1 Å². The average molecular weight is 496 g/mol. The number of hydrogen-bond donors (Lipinski definition) is 1. The fraction of sp³-hybridized carbons (Fsp3) is 0.464. The van der Waals surface area contributed by atoms with Crippen LogP contribution in [-0.2, 0) is 22.4 Å². The number of benzene rings is 2. The van der Waals surface area contributed by atoms with Gasteiger partial charge in [-0.25, -0.2) is 4.39 Å². The first kappa shape index (κ1) is 24.9. The maximum absolute atomic E-state index is 13.6. The van der Waals surface area contributed by atoms with Crippen molar-refractivity contribution < 1.29 is 23.5 Å². The summed E-state index contributed by atoms with van der Waals surface area (Å²) in [6, 6.07) is 16.4.